The Morgan fingerprint density at radius 2 is 2.00 bits per heavy atom. The second-order valence-electron chi connectivity index (χ2n) is 6.83. The molecule has 5 heterocycles. The van der Waals surface area contributed by atoms with Crippen molar-refractivity contribution in [2.24, 2.45) is 9.98 Å². The Balaban J connectivity index is 1.63. The number of aliphatic imine (C=N–C) groups is 2. The van der Waals surface area contributed by atoms with E-state index in [0.29, 0.717) is 11.5 Å². The van der Waals surface area contributed by atoms with Crippen LogP contribution < -0.4 is 0 Å². The van der Waals surface area contributed by atoms with Crippen LogP contribution in [0.1, 0.15) is 12.5 Å². The fourth-order valence-corrected chi connectivity index (χ4v) is 3.34. The van der Waals surface area contributed by atoms with E-state index in [4.69, 9.17) is 4.98 Å². The molecule has 5 aromatic rings. The van der Waals surface area contributed by atoms with Crippen molar-refractivity contribution in [2.45, 2.75) is 6.92 Å². The summed E-state index contributed by atoms with van der Waals surface area (Å²) in [4.78, 5) is 29.0. The van der Waals surface area contributed by atoms with Crippen LogP contribution in [0.3, 0.4) is 0 Å². The highest BCUT2D eigenvalue weighted by atomic mass is 15.2. The highest BCUT2D eigenvalue weighted by Gasteiger charge is 2.16. The SMILES string of the molecule is C=NC=N/C=C(\C)c1cnc2n[nH]c(-c3nc4c(-c5ccncc5)nccc4[nH]3)c2c1. The van der Waals surface area contributed by atoms with Crippen LogP contribution in [0.4, 0.5) is 0 Å². The molecule has 5 aromatic heterocycles. The van der Waals surface area contributed by atoms with E-state index >= 15 is 0 Å². The first-order valence-corrected chi connectivity index (χ1v) is 9.49. The lowest BCUT2D eigenvalue weighted by atomic mass is 10.1. The van der Waals surface area contributed by atoms with Crippen LogP contribution in [0, 0.1) is 0 Å². The van der Waals surface area contributed by atoms with E-state index in [-0.39, 0.29) is 0 Å². The van der Waals surface area contributed by atoms with Crippen LogP contribution in [0.5, 0.6) is 0 Å². The molecule has 9 heteroatoms. The lowest BCUT2D eigenvalue weighted by Crippen LogP contribution is -1.86. The molecular weight excluding hydrogens is 390 g/mol. The van der Waals surface area contributed by atoms with Gasteiger partial charge in [-0.1, -0.05) is 0 Å². The van der Waals surface area contributed by atoms with E-state index in [2.05, 4.69) is 46.8 Å². The molecular formula is C22H17N9. The molecule has 2 N–H and O–H groups in total. The Bertz CT molecular complexity index is 1460. The summed E-state index contributed by atoms with van der Waals surface area (Å²) < 4.78 is 0. The smallest absolute Gasteiger partial charge is 0.181 e. The van der Waals surface area contributed by atoms with E-state index in [9.17, 15) is 0 Å². The molecule has 0 aliphatic heterocycles. The second kappa shape index (κ2) is 7.71. The molecule has 0 aliphatic carbocycles. The number of allylic oxidation sites excluding steroid dienone is 1. The number of pyridine rings is 3. The summed E-state index contributed by atoms with van der Waals surface area (Å²) >= 11 is 0. The van der Waals surface area contributed by atoms with Crippen LogP contribution in [0.25, 0.3) is 50.4 Å². The molecule has 9 nitrogen and oxygen atoms in total. The number of fused-ring (bicyclic) bond motifs is 2. The Morgan fingerprint density at radius 3 is 2.84 bits per heavy atom. The molecule has 0 aromatic carbocycles. The maximum absolute atomic E-state index is 4.82. The number of aromatic amines is 2. The third-order valence-corrected chi connectivity index (χ3v) is 4.87. The summed E-state index contributed by atoms with van der Waals surface area (Å²) in [5.74, 6) is 0.662. The predicted molar refractivity (Wildman–Crippen MR) is 122 cm³/mol. The normalized spacial score (nSPS) is 12.2. The lowest BCUT2D eigenvalue weighted by Gasteiger charge is -2.00. The van der Waals surface area contributed by atoms with Gasteiger partial charge in [0.25, 0.3) is 0 Å². The summed E-state index contributed by atoms with van der Waals surface area (Å²) in [6.45, 7) is 5.34. The van der Waals surface area contributed by atoms with Crippen LogP contribution in [0.2, 0.25) is 0 Å². The van der Waals surface area contributed by atoms with Crippen molar-refractivity contribution in [1.29, 1.82) is 0 Å². The molecule has 0 fully saturated rings. The number of hydrogen-bond acceptors (Lipinski definition) is 6. The quantitative estimate of drug-likeness (QED) is 0.336. The predicted octanol–water partition coefficient (Wildman–Crippen LogP) is 4.05. The van der Waals surface area contributed by atoms with Gasteiger partial charge in [-0.3, -0.25) is 20.1 Å². The van der Waals surface area contributed by atoms with Gasteiger partial charge in [0.2, 0.25) is 0 Å². The molecule has 150 valence electrons. The summed E-state index contributed by atoms with van der Waals surface area (Å²) in [7, 11) is 0. The minimum Gasteiger partial charge on any atom is -0.337 e. The number of imidazole rings is 1. The van der Waals surface area contributed by atoms with E-state index in [1.165, 1.54) is 6.34 Å². The number of hydrogen-bond donors (Lipinski definition) is 2. The maximum Gasteiger partial charge on any atom is 0.181 e. The zero-order valence-corrected chi connectivity index (χ0v) is 16.6. The van der Waals surface area contributed by atoms with Crippen LogP contribution in [-0.2, 0) is 0 Å². The Morgan fingerprint density at radius 1 is 1.13 bits per heavy atom. The summed E-state index contributed by atoms with van der Waals surface area (Å²) in [6, 6.07) is 7.74. The number of nitrogens with zero attached hydrogens (tertiary/aromatic N) is 7. The summed E-state index contributed by atoms with van der Waals surface area (Å²) in [6.07, 6.45) is 10.1. The van der Waals surface area contributed by atoms with Gasteiger partial charge in [-0.15, -0.1) is 0 Å². The van der Waals surface area contributed by atoms with E-state index in [1.54, 1.807) is 31.0 Å². The number of aromatic nitrogens is 7. The minimum absolute atomic E-state index is 0.607. The van der Waals surface area contributed by atoms with Gasteiger partial charge in [0.1, 0.15) is 17.5 Å². The van der Waals surface area contributed by atoms with Crippen molar-refractivity contribution in [2.75, 3.05) is 0 Å². The van der Waals surface area contributed by atoms with Crippen LogP contribution in [0.15, 0.2) is 65.2 Å². The average molecular weight is 407 g/mol. The topological polar surface area (TPSA) is 121 Å². The molecule has 0 bridgehead atoms. The molecule has 5 rings (SSSR count). The second-order valence-corrected chi connectivity index (χ2v) is 6.83. The van der Waals surface area contributed by atoms with Crippen molar-refractivity contribution in [3.05, 3.63) is 60.8 Å². The fourth-order valence-electron chi connectivity index (χ4n) is 3.34. The van der Waals surface area contributed by atoms with Gasteiger partial charge in [0, 0.05) is 36.6 Å². The van der Waals surface area contributed by atoms with E-state index in [1.807, 2.05) is 31.2 Å². The molecule has 0 radical (unpaired) electrons. The molecule has 0 amide bonds. The number of H-pyrrole nitrogens is 2. The lowest BCUT2D eigenvalue weighted by molar-refractivity contribution is 1.09. The fraction of sp³-hybridized carbons (Fsp3) is 0.0455. The van der Waals surface area contributed by atoms with E-state index in [0.717, 1.165) is 44.5 Å². The average Bonchev–Trinajstić information content (AvgIpc) is 3.43. The minimum atomic E-state index is 0.607. The van der Waals surface area contributed by atoms with Crippen molar-refractivity contribution >= 4 is 40.7 Å². The van der Waals surface area contributed by atoms with E-state index < -0.39 is 0 Å². The number of nitrogens with one attached hydrogen (secondary N) is 2. The van der Waals surface area contributed by atoms with Crippen molar-refractivity contribution in [1.82, 2.24) is 35.1 Å². The standard InChI is InChI=1S/C22H17N9/c1-13(10-25-12-23-2)15-9-16-19(30-31-21(16)27-11-15)22-28-17-5-8-26-18(20(17)29-22)14-3-6-24-7-4-14/h3-12H,2H2,1H3,(H,28,29)(H,27,30,31)/b13-10+,25-12?. The molecule has 0 saturated heterocycles. The van der Waals surface area contributed by atoms with Gasteiger partial charge in [-0.2, -0.15) is 5.10 Å². The highest BCUT2D eigenvalue weighted by molar-refractivity contribution is 5.95. The molecule has 0 spiro atoms. The number of rotatable bonds is 5. The first kappa shape index (κ1) is 18.5. The molecule has 0 aliphatic rings. The third-order valence-electron chi connectivity index (χ3n) is 4.87. The first-order chi connectivity index (χ1) is 15.2. The summed E-state index contributed by atoms with van der Waals surface area (Å²) in [5, 5.41) is 8.24. The van der Waals surface area contributed by atoms with Gasteiger partial charge in [0.15, 0.2) is 11.5 Å². The Kier molecular flexibility index (Phi) is 4.60. The van der Waals surface area contributed by atoms with Crippen molar-refractivity contribution < 1.29 is 0 Å². The van der Waals surface area contributed by atoms with Crippen molar-refractivity contribution in [3.8, 4) is 22.8 Å². The van der Waals surface area contributed by atoms with Crippen LogP contribution >= 0.6 is 0 Å². The third kappa shape index (κ3) is 3.38. The van der Waals surface area contributed by atoms with Gasteiger partial charge in [-0.25, -0.2) is 15.0 Å². The van der Waals surface area contributed by atoms with Gasteiger partial charge < -0.3 is 4.98 Å². The molecule has 0 saturated carbocycles. The maximum atomic E-state index is 4.82. The Labute approximate surface area is 176 Å². The molecule has 0 unspecified atom stereocenters. The highest BCUT2D eigenvalue weighted by Crippen LogP contribution is 2.30. The molecule has 0 atom stereocenters. The zero-order chi connectivity index (χ0) is 21.2. The van der Waals surface area contributed by atoms with Gasteiger partial charge in [-0.05, 0) is 49.0 Å². The summed E-state index contributed by atoms with van der Waals surface area (Å²) in [5.41, 5.74) is 6.62. The zero-order valence-electron chi connectivity index (χ0n) is 16.6. The van der Waals surface area contributed by atoms with Gasteiger partial charge in [0.05, 0.1) is 16.6 Å². The molecule has 31 heavy (non-hydrogen) atoms. The van der Waals surface area contributed by atoms with Crippen LogP contribution in [-0.4, -0.2) is 48.2 Å². The largest absolute Gasteiger partial charge is 0.337 e. The van der Waals surface area contributed by atoms with Gasteiger partial charge >= 0.3 is 0 Å². The van der Waals surface area contributed by atoms with Crippen molar-refractivity contribution in [3.63, 3.8) is 0 Å². The monoisotopic (exact) mass is 407 g/mol. The Hall–Kier alpha value is -4.53. The first-order valence-electron chi connectivity index (χ1n) is 9.49.